The molecule has 2 amide bonds. The van der Waals surface area contributed by atoms with Gasteiger partial charge in [0.25, 0.3) is 0 Å². The number of carboxylic acid groups (broad SMARTS) is 1. The first-order valence-electron chi connectivity index (χ1n) is 7.01. The van der Waals surface area contributed by atoms with E-state index in [1.807, 2.05) is 20.8 Å². The summed E-state index contributed by atoms with van der Waals surface area (Å²) in [4.78, 5) is 24.5. The van der Waals surface area contributed by atoms with Gasteiger partial charge in [-0.25, -0.2) is 4.79 Å². The number of urea groups is 1. The highest BCUT2D eigenvalue weighted by atomic mass is 16.4. The Kier molecular flexibility index (Phi) is 5.39. The van der Waals surface area contributed by atoms with Gasteiger partial charge in [0.15, 0.2) is 0 Å². The molecule has 1 fully saturated rings. The summed E-state index contributed by atoms with van der Waals surface area (Å²) in [7, 11) is 1.69. The number of nitrogens with zero attached hydrogens (tertiary/aromatic N) is 1. The topological polar surface area (TPSA) is 89.9 Å². The van der Waals surface area contributed by atoms with Crippen LogP contribution in [-0.4, -0.2) is 52.9 Å². The van der Waals surface area contributed by atoms with E-state index >= 15 is 0 Å². The van der Waals surface area contributed by atoms with E-state index in [1.54, 1.807) is 11.9 Å². The molecule has 1 rings (SSSR count). The van der Waals surface area contributed by atoms with Crippen LogP contribution in [0.15, 0.2) is 0 Å². The maximum absolute atomic E-state index is 12.1. The molecule has 0 radical (unpaired) electrons. The van der Waals surface area contributed by atoms with Crippen LogP contribution in [-0.2, 0) is 4.79 Å². The van der Waals surface area contributed by atoms with Gasteiger partial charge in [0.2, 0.25) is 0 Å². The van der Waals surface area contributed by atoms with Gasteiger partial charge in [-0.1, -0.05) is 20.8 Å². The molecule has 0 aromatic carbocycles. The number of aliphatic carboxylic acids is 1. The molecular weight excluding hydrogens is 260 g/mol. The van der Waals surface area contributed by atoms with E-state index in [0.717, 1.165) is 12.8 Å². The number of carboxylic acids is 1. The van der Waals surface area contributed by atoms with Crippen molar-refractivity contribution in [2.75, 3.05) is 13.6 Å². The Morgan fingerprint density at radius 1 is 1.35 bits per heavy atom. The summed E-state index contributed by atoms with van der Waals surface area (Å²) in [5.41, 5.74) is -0.318. The highest BCUT2D eigenvalue weighted by Crippen LogP contribution is 2.28. The Morgan fingerprint density at radius 3 is 2.30 bits per heavy atom. The normalized spacial score (nSPS) is 23.6. The molecule has 1 aliphatic carbocycles. The second-order valence-electron chi connectivity index (χ2n) is 6.84. The average Bonchev–Trinajstić information content (AvgIpc) is 2.23. The van der Waals surface area contributed by atoms with Crippen LogP contribution in [0.4, 0.5) is 4.79 Å². The van der Waals surface area contributed by atoms with Gasteiger partial charge in [-0.2, -0.15) is 0 Å². The zero-order chi connectivity index (χ0) is 15.5. The van der Waals surface area contributed by atoms with Crippen LogP contribution >= 0.6 is 0 Å². The largest absolute Gasteiger partial charge is 0.481 e. The lowest BCUT2D eigenvalue weighted by atomic mass is 9.82. The third kappa shape index (κ3) is 5.00. The number of aliphatic hydroxyl groups excluding tert-OH is 1. The lowest BCUT2D eigenvalue weighted by Gasteiger charge is -2.36. The van der Waals surface area contributed by atoms with Gasteiger partial charge in [-0.05, 0) is 24.2 Å². The standard InChI is InChI=1S/C14H26N2O4/c1-14(2,3)11(7-12(18)19)15-13(20)16(4)8-9-5-10(17)6-9/h9-11,17H,5-8H2,1-4H3,(H,15,20)(H,18,19). The molecule has 0 spiro atoms. The summed E-state index contributed by atoms with van der Waals surface area (Å²) in [6.45, 7) is 6.31. The molecule has 0 aliphatic heterocycles. The molecule has 0 aromatic rings. The minimum atomic E-state index is -0.921. The Hall–Kier alpha value is -1.30. The SMILES string of the molecule is CN(CC1CC(O)C1)C(=O)NC(CC(=O)O)C(C)(C)C. The predicted octanol–water partition coefficient (Wildman–Crippen LogP) is 1.29. The van der Waals surface area contributed by atoms with Crippen molar-refractivity contribution in [3.05, 3.63) is 0 Å². The van der Waals surface area contributed by atoms with Gasteiger partial charge < -0.3 is 20.4 Å². The highest BCUT2D eigenvalue weighted by Gasteiger charge is 2.32. The van der Waals surface area contributed by atoms with Crippen molar-refractivity contribution >= 4 is 12.0 Å². The summed E-state index contributed by atoms with van der Waals surface area (Å²) in [6, 6.07) is -0.672. The molecule has 116 valence electrons. The van der Waals surface area contributed by atoms with Gasteiger partial charge in [0.05, 0.1) is 12.5 Å². The van der Waals surface area contributed by atoms with Crippen molar-refractivity contribution in [1.29, 1.82) is 0 Å². The second-order valence-corrected chi connectivity index (χ2v) is 6.84. The van der Waals surface area contributed by atoms with Gasteiger partial charge in [0.1, 0.15) is 0 Å². The number of carbonyl (C=O) groups is 2. The van der Waals surface area contributed by atoms with E-state index in [4.69, 9.17) is 5.11 Å². The molecular formula is C14H26N2O4. The zero-order valence-electron chi connectivity index (χ0n) is 12.7. The minimum absolute atomic E-state index is 0.0920. The predicted molar refractivity (Wildman–Crippen MR) is 75.4 cm³/mol. The first-order chi connectivity index (χ1) is 9.09. The fraction of sp³-hybridized carbons (Fsp3) is 0.857. The van der Waals surface area contributed by atoms with E-state index in [2.05, 4.69) is 5.32 Å². The molecule has 1 unspecified atom stereocenters. The summed E-state index contributed by atoms with van der Waals surface area (Å²) in [5.74, 6) is -0.580. The number of amides is 2. The van der Waals surface area contributed by atoms with E-state index in [-0.39, 0.29) is 24.0 Å². The lowest BCUT2D eigenvalue weighted by Crippen LogP contribution is -2.51. The van der Waals surface area contributed by atoms with Crippen LogP contribution in [0.25, 0.3) is 0 Å². The highest BCUT2D eigenvalue weighted by molar-refractivity contribution is 5.75. The molecule has 1 saturated carbocycles. The van der Waals surface area contributed by atoms with Crippen molar-refractivity contribution < 1.29 is 19.8 Å². The lowest BCUT2D eigenvalue weighted by molar-refractivity contribution is -0.138. The number of aliphatic hydroxyl groups is 1. The Labute approximate surface area is 120 Å². The minimum Gasteiger partial charge on any atom is -0.481 e. The molecule has 6 nitrogen and oxygen atoms in total. The molecule has 6 heteroatoms. The van der Waals surface area contributed by atoms with Gasteiger partial charge in [0, 0.05) is 19.6 Å². The van der Waals surface area contributed by atoms with Crippen molar-refractivity contribution in [2.45, 2.75) is 52.2 Å². The van der Waals surface area contributed by atoms with Crippen molar-refractivity contribution in [3.8, 4) is 0 Å². The molecule has 1 atom stereocenters. The van der Waals surface area contributed by atoms with E-state index in [1.165, 1.54) is 0 Å². The monoisotopic (exact) mass is 286 g/mol. The Balaban J connectivity index is 2.50. The maximum atomic E-state index is 12.1. The van der Waals surface area contributed by atoms with Crippen molar-refractivity contribution in [2.24, 2.45) is 11.3 Å². The van der Waals surface area contributed by atoms with Crippen LogP contribution in [0.5, 0.6) is 0 Å². The molecule has 20 heavy (non-hydrogen) atoms. The maximum Gasteiger partial charge on any atom is 0.317 e. The van der Waals surface area contributed by atoms with Crippen molar-refractivity contribution in [3.63, 3.8) is 0 Å². The average molecular weight is 286 g/mol. The fourth-order valence-corrected chi connectivity index (χ4v) is 2.33. The van der Waals surface area contributed by atoms with E-state index < -0.39 is 12.0 Å². The van der Waals surface area contributed by atoms with Gasteiger partial charge >= 0.3 is 12.0 Å². The van der Waals surface area contributed by atoms with Crippen LogP contribution in [0.3, 0.4) is 0 Å². The quantitative estimate of drug-likeness (QED) is 0.710. The smallest absolute Gasteiger partial charge is 0.317 e. The molecule has 0 bridgehead atoms. The molecule has 0 saturated heterocycles. The molecule has 0 heterocycles. The third-order valence-corrected chi connectivity index (χ3v) is 3.81. The van der Waals surface area contributed by atoms with Gasteiger partial charge in [-0.3, -0.25) is 4.79 Å². The molecule has 0 aromatic heterocycles. The molecule has 1 aliphatic rings. The Bertz CT molecular complexity index is 359. The van der Waals surface area contributed by atoms with Crippen LogP contribution < -0.4 is 5.32 Å². The fourth-order valence-electron chi connectivity index (χ4n) is 2.33. The molecule has 3 N–H and O–H groups in total. The summed E-state index contributed by atoms with van der Waals surface area (Å²) in [5, 5.41) is 21.0. The van der Waals surface area contributed by atoms with Crippen LogP contribution in [0, 0.1) is 11.3 Å². The van der Waals surface area contributed by atoms with Crippen molar-refractivity contribution in [1.82, 2.24) is 10.2 Å². The second kappa shape index (κ2) is 6.43. The first kappa shape index (κ1) is 16.8. The number of rotatable bonds is 5. The Morgan fingerprint density at radius 2 is 1.90 bits per heavy atom. The number of hydrogen-bond acceptors (Lipinski definition) is 3. The third-order valence-electron chi connectivity index (χ3n) is 3.81. The number of carbonyl (C=O) groups excluding carboxylic acids is 1. The van der Waals surface area contributed by atoms with E-state index in [9.17, 15) is 14.7 Å². The number of hydrogen-bond donors (Lipinski definition) is 3. The van der Waals surface area contributed by atoms with Gasteiger partial charge in [-0.15, -0.1) is 0 Å². The van der Waals surface area contributed by atoms with Crippen LogP contribution in [0.1, 0.15) is 40.0 Å². The summed E-state index contributed by atoms with van der Waals surface area (Å²) >= 11 is 0. The summed E-state index contributed by atoms with van der Waals surface area (Å²) in [6.07, 6.45) is 1.14. The number of nitrogens with one attached hydrogen (secondary N) is 1. The van der Waals surface area contributed by atoms with Crippen LogP contribution in [0.2, 0.25) is 0 Å². The first-order valence-corrected chi connectivity index (χ1v) is 7.01. The zero-order valence-corrected chi connectivity index (χ0v) is 12.7. The van der Waals surface area contributed by atoms with E-state index in [0.29, 0.717) is 12.5 Å². The summed E-state index contributed by atoms with van der Waals surface area (Å²) < 4.78 is 0.